The summed E-state index contributed by atoms with van der Waals surface area (Å²) in [7, 11) is -2.46. The molecule has 106 valence electrons. The van der Waals surface area contributed by atoms with Crippen LogP contribution in [0.3, 0.4) is 0 Å². The normalized spacial score (nSPS) is 11.1. The van der Waals surface area contributed by atoms with Gasteiger partial charge in [0.05, 0.1) is 11.1 Å². The summed E-state index contributed by atoms with van der Waals surface area (Å²) in [4.78, 5) is 17.7. The second-order valence-electron chi connectivity index (χ2n) is 3.48. The molecule has 2 rings (SSSR count). The fourth-order valence-corrected chi connectivity index (χ4v) is 3.62. The Morgan fingerprint density at radius 2 is 2.15 bits per heavy atom. The highest BCUT2D eigenvalue weighted by Gasteiger charge is 2.26. The summed E-state index contributed by atoms with van der Waals surface area (Å²) < 4.78 is 26.2. The fraction of sp³-hybridized carbons (Fsp3) is 0.111. The van der Waals surface area contributed by atoms with E-state index < -0.39 is 14.9 Å². The summed E-state index contributed by atoms with van der Waals surface area (Å²) in [5.74, 6) is 0.0366. The van der Waals surface area contributed by atoms with Crippen molar-refractivity contribution >= 4 is 37.9 Å². The van der Waals surface area contributed by atoms with E-state index in [1.807, 2.05) is 0 Å². The Hall–Kier alpha value is -2.27. The zero-order chi connectivity index (χ0) is 14.8. The summed E-state index contributed by atoms with van der Waals surface area (Å²) in [6.45, 7) is 0. The Balaban J connectivity index is 2.37. The van der Waals surface area contributed by atoms with E-state index in [1.54, 1.807) is 0 Å². The third-order valence-electron chi connectivity index (χ3n) is 2.18. The van der Waals surface area contributed by atoms with Crippen LogP contribution in [0.15, 0.2) is 28.9 Å². The van der Waals surface area contributed by atoms with Gasteiger partial charge in [-0.15, -0.1) is 0 Å². The number of sulfonamides is 1. The molecule has 0 saturated carbocycles. The molecular weight excluding hydrogens is 306 g/mol. The summed E-state index contributed by atoms with van der Waals surface area (Å²) in [6, 6.07) is 0.995. The summed E-state index contributed by atoms with van der Waals surface area (Å²) >= 11 is 0.763. The number of nitro groups is 1. The largest absolute Gasteiger partial charge is 0.374 e. The molecule has 0 bridgehead atoms. The molecule has 0 atom stereocenters. The number of aromatic nitrogens is 2. The number of thiophene rings is 1. The quantitative estimate of drug-likeness (QED) is 0.628. The molecule has 0 aliphatic carbocycles. The van der Waals surface area contributed by atoms with E-state index in [4.69, 9.17) is 0 Å². The monoisotopic (exact) mass is 315 g/mol. The average molecular weight is 315 g/mol. The van der Waals surface area contributed by atoms with E-state index in [2.05, 4.69) is 20.0 Å². The van der Waals surface area contributed by atoms with E-state index in [0.717, 1.165) is 17.4 Å². The first-order valence-electron chi connectivity index (χ1n) is 5.19. The molecule has 2 aromatic heterocycles. The molecule has 0 saturated heterocycles. The van der Waals surface area contributed by atoms with Crippen molar-refractivity contribution in [2.45, 2.75) is 4.21 Å². The van der Waals surface area contributed by atoms with Crippen molar-refractivity contribution in [3.63, 3.8) is 0 Å². The lowest BCUT2D eigenvalue weighted by Gasteiger charge is -2.03. The SMILES string of the molecule is CNc1sc(S(=O)(=O)Nc2cnccn2)cc1[N+](=O)[O-]. The molecule has 0 radical (unpaired) electrons. The van der Waals surface area contributed by atoms with Crippen LogP contribution in [-0.4, -0.2) is 30.4 Å². The molecule has 11 heteroatoms. The Labute approximate surface area is 117 Å². The number of nitrogens with one attached hydrogen (secondary N) is 2. The highest BCUT2D eigenvalue weighted by atomic mass is 32.2. The van der Waals surface area contributed by atoms with Gasteiger partial charge in [-0.3, -0.25) is 19.8 Å². The Morgan fingerprint density at radius 3 is 2.65 bits per heavy atom. The molecule has 0 aromatic carbocycles. The summed E-state index contributed by atoms with van der Waals surface area (Å²) in [5.41, 5.74) is -0.294. The zero-order valence-corrected chi connectivity index (χ0v) is 11.7. The molecule has 0 aliphatic rings. The molecule has 0 amide bonds. The van der Waals surface area contributed by atoms with Crippen molar-refractivity contribution in [2.75, 3.05) is 17.1 Å². The Kier molecular flexibility index (Phi) is 3.81. The molecule has 2 aromatic rings. The molecule has 0 fully saturated rings. The van der Waals surface area contributed by atoms with Crippen LogP contribution in [0.4, 0.5) is 16.5 Å². The van der Waals surface area contributed by atoms with Crippen LogP contribution in [0.5, 0.6) is 0 Å². The van der Waals surface area contributed by atoms with Gasteiger partial charge in [-0.05, 0) is 0 Å². The maximum Gasteiger partial charge on any atom is 0.304 e. The van der Waals surface area contributed by atoms with Crippen molar-refractivity contribution in [2.24, 2.45) is 0 Å². The fourth-order valence-electron chi connectivity index (χ4n) is 1.35. The highest BCUT2D eigenvalue weighted by molar-refractivity contribution is 7.94. The minimum atomic E-state index is -3.94. The van der Waals surface area contributed by atoms with Gasteiger partial charge in [-0.1, -0.05) is 11.3 Å². The first kappa shape index (κ1) is 14.1. The Morgan fingerprint density at radius 1 is 1.40 bits per heavy atom. The molecule has 2 heterocycles. The van der Waals surface area contributed by atoms with Crippen LogP contribution in [0.2, 0.25) is 0 Å². The third kappa shape index (κ3) is 2.83. The van der Waals surface area contributed by atoms with E-state index in [1.165, 1.54) is 25.6 Å². The Bertz CT molecular complexity index is 728. The van der Waals surface area contributed by atoms with Crippen LogP contribution >= 0.6 is 11.3 Å². The van der Waals surface area contributed by atoms with Gasteiger partial charge in [0.15, 0.2) is 10.8 Å². The zero-order valence-electron chi connectivity index (χ0n) is 10.1. The van der Waals surface area contributed by atoms with Gasteiger partial charge in [0, 0.05) is 25.5 Å². The molecule has 2 N–H and O–H groups in total. The van der Waals surface area contributed by atoms with Gasteiger partial charge >= 0.3 is 5.69 Å². The van der Waals surface area contributed by atoms with Crippen molar-refractivity contribution in [1.82, 2.24) is 9.97 Å². The van der Waals surface area contributed by atoms with Gasteiger partial charge < -0.3 is 5.32 Å². The predicted molar refractivity (Wildman–Crippen MR) is 73.4 cm³/mol. The first-order valence-corrected chi connectivity index (χ1v) is 7.49. The van der Waals surface area contributed by atoms with Crippen molar-refractivity contribution in [3.05, 3.63) is 34.8 Å². The molecule has 9 nitrogen and oxygen atoms in total. The van der Waals surface area contributed by atoms with Gasteiger partial charge in [0.1, 0.15) is 4.21 Å². The minimum Gasteiger partial charge on any atom is -0.374 e. The number of anilines is 2. The second-order valence-corrected chi connectivity index (χ2v) is 6.44. The van der Waals surface area contributed by atoms with E-state index in [9.17, 15) is 18.5 Å². The van der Waals surface area contributed by atoms with Crippen molar-refractivity contribution < 1.29 is 13.3 Å². The lowest BCUT2D eigenvalue weighted by atomic mass is 10.5. The summed E-state index contributed by atoms with van der Waals surface area (Å²) in [5, 5.41) is 13.6. The van der Waals surface area contributed by atoms with Gasteiger partial charge in [-0.2, -0.15) is 0 Å². The number of rotatable bonds is 5. The molecule has 0 aliphatic heterocycles. The third-order valence-corrected chi connectivity index (χ3v) is 5.15. The van der Waals surface area contributed by atoms with Gasteiger partial charge in [0.25, 0.3) is 10.0 Å². The topological polar surface area (TPSA) is 127 Å². The first-order chi connectivity index (χ1) is 9.44. The molecule has 20 heavy (non-hydrogen) atoms. The highest BCUT2D eigenvalue weighted by Crippen LogP contribution is 2.37. The lowest BCUT2D eigenvalue weighted by Crippen LogP contribution is -2.12. The minimum absolute atomic E-state index is 0.0366. The smallest absolute Gasteiger partial charge is 0.304 e. The molecule has 0 spiro atoms. The molecule has 0 unspecified atom stereocenters. The van der Waals surface area contributed by atoms with E-state index in [-0.39, 0.29) is 20.7 Å². The van der Waals surface area contributed by atoms with Crippen LogP contribution in [-0.2, 0) is 10.0 Å². The van der Waals surface area contributed by atoms with Crippen molar-refractivity contribution in [3.8, 4) is 0 Å². The van der Waals surface area contributed by atoms with Gasteiger partial charge in [0.2, 0.25) is 0 Å². The average Bonchev–Trinajstić information content (AvgIpc) is 2.84. The van der Waals surface area contributed by atoms with Gasteiger partial charge in [-0.25, -0.2) is 13.4 Å². The lowest BCUT2D eigenvalue weighted by molar-refractivity contribution is -0.383. The summed E-state index contributed by atoms with van der Waals surface area (Å²) in [6.07, 6.45) is 3.96. The van der Waals surface area contributed by atoms with E-state index in [0.29, 0.717) is 0 Å². The number of hydrogen-bond donors (Lipinski definition) is 2. The van der Waals surface area contributed by atoms with Crippen LogP contribution in [0, 0.1) is 10.1 Å². The molecular formula is C9H9N5O4S2. The standard InChI is InChI=1S/C9H9N5O4S2/c1-10-9-6(14(15)16)4-8(19-9)20(17,18)13-7-5-11-2-3-12-7/h2-5,10H,1H3,(H,12,13). The maximum absolute atomic E-state index is 12.1. The maximum atomic E-state index is 12.1. The number of nitrogens with zero attached hydrogens (tertiary/aromatic N) is 3. The predicted octanol–water partition coefficient (Wildman–Crippen LogP) is 1.29. The van der Waals surface area contributed by atoms with Crippen LogP contribution in [0.25, 0.3) is 0 Å². The van der Waals surface area contributed by atoms with Crippen LogP contribution in [0.1, 0.15) is 0 Å². The second kappa shape index (κ2) is 5.38. The van der Waals surface area contributed by atoms with Crippen molar-refractivity contribution in [1.29, 1.82) is 0 Å². The number of hydrogen-bond acceptors (Lipinski definition) is 8. The van der Waals surface area contributed by atoms with Crippen LogP contribution < -0.4 is 10.0 Å². The van der Waals surface area contributed by atoms with E-state index >= 15 is 0 Å².